The average Bonchev–Trinajstić information content (AvgIpc) is 3.38. The Morgan fingerprint density at radius 2 is 2.02 bits per heavy atom. The van der Waals surface area contributed by atoms with Crippen molar-refractivity contribution in [3.63, 3.8) is 0 Å². The van der Waals surface area contributed by atoms with E-state index in [0.717, 1.165) is 40.2 Å². The van der Waals surface area contributed by atoms with Gasteiger partial charge in [-0.05, 0) is 49.2 Å². The molecule has 4 aromatic rings. The van der Waals surface area contributed by atoms with Crippen LogP contribution in [0, 0.1) is 11.7 Å². The molecule has 1 atom stereocenters. The molecular formula is C29H28FN5O5S. The van der Waals surface area contributed by atoms with Crippen LogP contribution in [0.2, 0.25) is 0 Å². The van der Waals surface area contributed by atoms with E-state index in [1.807, 2.05) is 24.4 Å². The summed E-state index contributed by atoms with van der Waals surface area (Å²) in [6.07, 6.45) is 5.02. The molecular weight excluding hydrogens is 549 g/mol. The third-order valence-corrected chi connectivity index (χ3v) is 8.26. The van der Waals surface area contributed by atoms with E-state index in [2.05, 4.69) is 25.5 Å². The lowest BCUT2D eigenvalue weighted by Gasteiger charge is -2.30. The smallest absolute Gasteiger partial charge is 0.319 e. The molecule has 1 unspecified atom stereocenters. The van der Waals surface area contributed by atoms with Gasteiger partial charge >= 0.3 is 12.0 Å². The number of amides is 2. The molecule has 6 rings (SSSR count). The fourth-order valence-corrected chi connectivity index (χ4v) is 5.94. The van der Waals surface area contributed by atoms with Gasteiger partial charge < -0.3 is 25.2 Å². The minimum absolute atomic E-state index is 0.0242. The van der Waals surface area contributed by atoms with Gasteiger partial charge in [0.1, 0.15) is 5.75 Å². The number of hydrogen-bond acceptors (Lipinski definition) is 8. The maximum atomic E-state index is 14.9. The van der Waals surface area contributed by atoms with Crippen LogP contribution in [-0.2, 0) is 16.1 Å². The van der Waals surface area contributed by atoms with Crippen LogP contribution in [0.1, 0.15) is 18.4 Å². The number of carboxylic acids is 1. The van der Waals surface area contributed by atoms with Gasteiger partial charge in [-0.2, -0.15) is 0 Å². The first-order valence-corrected chi connectivity index (χ1v) is 14.1. The molecule has 1 aromatic carbocycles. The average molecular weight is 578 g/mol. The van der Waals surface area contributed by atoms with Crippen molar-refractivity contribution in [1.82, 2.24) is 20.2 Å². The van der Waals surface area contributed by atoms with Crippen molar-refractivity contribution in [2.24, 2.45) is 5.92 Å². The molecule has 10 nitrogen and oxygen atoms in total. The number of halogens is 1. The second kappa shape index (κ2) is 11.8. The van der Waals surface area contributed by atoms with E-state index >= 15 is 0 Å². The van der Waals surface area contributed by atoms with E-state index < -0.39 is 17.8 Å². The highest BCUT2D eigenvalue weighted by Gasteiger charge is 2.25. The Morgan fingerprint density at radius 3 is 2.76 bits per heavy atom. The molecule has 12 heteroatoms. The summed E-state index contributed by atoms with van der Waals surface area (Å²) in [5, 5.41) is 14.7. The Morgan fingerprint density at radius 1 is 1.15 bits per heavy atom. The number of carbonyl (C=O) groups excluding carboxylic acids is 1. The van der Waals surface area contributed by atoms with Crippen molar-refractivity contribution in [2.45, 2.75) is 25.4 Å². The lowest BCUT2D eigenvalue weighted by atomic mass is 9.98. The quantitative estimate of drug-likeness (QED) is 0.264. The molecule has 41 heavy (non-hydrogen) atoms. The van der Waals surface area contributed by atoms with Crippen LogP contribution in [-0.4, -0.2) is 64.3 Å². The zero-order valence-corrected chi connectivity index (χ0v) is 22.8. The number of nitrogens with zero attached hydrogens (tertiary/aromatic N) is 3. The summed E-state index contributed by atoms with van der Waals surface area (Å²) in [6.45, 7) is 3.02. The molecule has 2 saturated heterocycles. The predicted octanol–water partition coefficient (Wildman–Crippen LogP) is 5.11. The Hall–Kier alpha value is -4.13. The number of hydrogen-bond donors (Lipinski definition) is 3. The third-order valence-electron chi connectivity index (χ3n) is 7.10. The van der Waals surface area contributed by atoms with E-state index in [4.69, 9.17) is 9.47 Å². The van der Waals surface area contributed by atoms with Crippen LogP contribution in [0.4, 0.5) is 14.9 Å². The molecule has 2 fully saturated rings. The number of nitrogens with one attached hydrogen (secondary N) is 2. The number of thiophene rings is 1. The SMILES string of the molecule is O=C(Nc1ccc(Oc2ccnc3cc(-c4ccc(CN5CCCC(C(=O)O)C5)cn4)sc23)c(F)c1)NC1COC1. The van der Waals surface area contributed by atoms with Crippen LogP contribution in [0.15, 0.2) is 54.9 Å². The van der Waals surface area contributed by atoms with E-state index in [1.54, 1.807) is 18.3 Å². The van der Waals surface area contributed by atoms with Gasteiger partial charge in [-0.3, -0.25) is 19.7 Å². The van der Waals surface area contributed by atoms with Gasteiger partial charge in [0, 0.05) is 43.3 Å². The second-order valence-corrected chi connectivity index (χ2v) is 11.2. The summed E-state index contributed by atoms with van der Waals surface area (Å²) >= 11 is 1.45. The molecule has 2 aliphatic heterocycles. The Bertz CT molecular complexity index is 1580. The normalized spacial score (nSPS) is 17.6. The molecule has 212 valence electrons. The molecule has 0 radical (unpaired) electrons. The topological polar surface area (TPSA) is 126 Å². The number of carbonyl (C=O) groups is 2. The Kier molecular flexibility index (Phi) is 7.77. The van der Waals surface area contributed by atoms with Gasteiger partial charge in [-0.25, -0.2) is 9.18 Å². The molecule has 5 heterocycles. The number of pyridine rings is 2. The minimum atomic E-state index is -0.735. The van der Waals surface area contributed by atoms with E-state index in [1.165, 1.54) is 23.5 Å². The van der Waals surface area contributed by atoms with Gasteiger partial charge in [0.05, 0.1) is 46.0 Å². The monoisotopic (exact) mass is 577 g/mol. The van der Waals surface area contributed by atoms with Crippen molar-refractivity contribution in [3.8, 4) is 22.1 Å². The Labute approximate surface area is 239 Å². The summed E-state index contributed by atoms with van der Waals surface area (Å²) in [4.78, 5) is 35.6. The molecule has 0 spiro atoms. The van der Waals surface area contributed by atoms with E-state index in [-0.39, 0.29) is 17.7 Å². The largest absolute Gasteiger partial charge is 0.481 e. The second-order valence-electron chi connectivity index (χ2n) is 10.2. The maximum absolute atomic E-state index is 14.9. The van der Waals surface area contributed by atoms with Crippen molar-refractivity contribution >= 4 is 39.2 Å². The third kappa shape index (κ3) is 6.29. The highest BCUT2D eigenvalue weighted by Crippen LogP contribution is 2.39. The van der Waals surface area contributed by atoms with Gasteiger partial charge in [-0.1, -0.05) is 6.07 Å². The molecule has 2 amide bonds. The van der Waals surface area contributed by atoms with E-state index in [0.29, 0.717) is 43.3 Å². The highest BCUT2D eigenvalue weighted by molar-refractivity contribution is 7.22. The van der Waals surface area contributed by atoms with Gasteiger partial charge in [0.2, 0.25) is 0 Å². The number of ether oxygens (including phenoxy) is 2. The fraction of sp³-hybridized carbons (Fsp3) is 0.310. The summed E-state index contributed by atoms with van der Waals surface area (Å²) in [7, 11) is 0. The molecule has 3 aromatic heterocycles. The number of rotatable bonds is 8. The molecule has 0 saturated carbocycles. The highest BCUT2D eigenvalue weighted by atomic mass is 32.1. The van der Waals surface area contributed by atoms with Gasteiger partial charge in [0.25, 0.3) is 0 Å². The standard InChI is InChI=1S/C29H28FN5O5S/c30-21-10-19(33-29(38)34-20-15-39-16-20)4-6-24(21)40-25-7-8-31-23-11-26(41-27(23)25)22-5-3-17(12-32-22)13-35-9-1-2-18(14-35)28(36)37/h3-8,10-12,18,20H,1-2,9,13-16H2,(H,36,37)(H2,33,34,38). The molecule has 2 aliphatic rings. The minimum Gasteiger partial charge on any atom is -0.481 e. The lowest BCUT2D eigenvalue weighted by molar-refractivity contribution is -0.143. The van der Waals surface area contributed by atoms with E-state index in [9.17, 15) is 19.1 Å². The number of fused-ring (bicyclic) bond motifs is 1. The lowest BCUT2D eigenvalue weighted by Crippen LogP contribution is -2.49. The number of piperidine rings is 1. The number of carboxylic acid groups (broad SMARTS) is 1. The van der Waals surface area contributed by atoms with Crippen LogP contribution in [0.25, 0.3) is 20.8 Å². The van der Waals surface area contributed by atoms with Crippen molar-refractivity contribution in [3.05, 3.63) is 66.2 Å². The molecule has 3 N–H and O–H groups in total. The molecule has 0 bridgehead atoms. The van der Waals surface area contributed by atoms with Crippen LogP contribution in [0.5, 0.6) is 11.5 Å². The number of urea groups is 1. The first kappa shape index (κ1) is 27.1. The first-order valence-electron chi connectivity index (χ1n) is 13.3. The summed E-state index contributed by atoms with van der Waals surface area (Å²) in [5.41, 5.74) is 2.81. The summed E-state index contributed by atoms with van der Waals surface area (Å²) < 4.78 is 26.6. The predicted molar refractivity (Wildman–Crippen MR) is 152 cm³/mol. The zero-order valence-electron chi connectivity index (χ0n) is 22.0. The fourth-order valence-electron chi connectivity index (χ4n) is 4.90. The van der Waals surface area contributed by atoms with Crippen LogP contribution in [0.3, 0.4) is 0 Å². The summed E-state index contributed by atoms with van der Waals surface area (Å²) in [6, 6.07) is 11.4. The van der Waals surface area contributed by atoms with Crippen LogP contribution < -0.4 is 15.4 Å². The number of aliphatic carboxylic acids is 1. The Balaban J connectivity index is 1.13. The zero-order chi connectivity index (χ0) is 28.3. The van der Waals surface area contributed by atoms with Crippen molar-refractivity contribution < 1.29 is 28.6 Å². The van der Waals surface area contributed by atoms with Crippen molar-refractivity contribution in [1.29, 1.82) is 0 Å². The van der Waals surface area contributed by atoms with Gasteiger partial charge in [0.15, 0.2) is 11.6 Å². The van der Waals surface area contributed by atoms with Crippen LogP contribution >= 0.6 is 11.3 Å². The first-order chi connectivity index (χ1) is 19.9. The molecule has 0 aliphatic carbocycles. The summed E-state index contributed by atoms with van der Waals surface area (Å²) in [5.74, 6) is -1.18. The number of likely N-dealkylation sites (tertiary alicyclic amines) is 1. The van der Waals surface area contributed by atoms with Gasteiger partial charge in [-0.15, -0.1) is 11.3 Å². The maximum Gasteiger partial charge on any atom is 0.319 e. The number of anilines is 1. The van der Waals surface area contributed by atoms with Crippen molar-refractivity contribution in [2.75, 3.05) is 31.6 Å². The number of benzene rings is 1. The number of aromatic nitrogens is 2.